The Labute approximate surface area is 201 Å². The molecule has 9 rings (SSSR count). The van der Waals surface area contributed by atoms with Gasteiger partial charge in [-0.15, -0.1) is 0 Å². The lowest BCUT2D eigenvalue weighted by molar-refractivity contribution is 1.17. The minimum absolute atomic E-state index is 0.981. The van der Waals surface area contributed by atoms with Crippen LogP contribution in [0.1, 0.15) is 22.3 Å². The van der Waals surface area contributed by atoms with Crippen molar-refractivity contribution in [3.05, 3.63) is 114 Å². The second-order valence-electron chi connectivity index (χ2n) is 9.78. The molecule has 0 amide bonds. The minimum atomic E-state index is 0.981. The Morgan fingerprint density at radius 3 is 2.06 bits per heavy atom. The number of hydrogen-bond donors (Lipinski definition) is 0. The summed E-state index contributed by atoms with van der Waals surface area (Å²) in [5.41, 5.74) is 15.6. The van der Waals surface area contributed by atoms with Crippen molar-refractivity contribution < 1.29 is 0 Å². The quantitative estimate of drug-likeness (QED) is 0.229. The number of hydrogen-bond acceptors (Lipinski definition) is 2. The number of nitrogens with zero attached hydrogens (tertiary/aromatic N) is 3. The predicted octanol–water partition coefficient (Wildman–Crippen LogP) is 7.33. The maximum Gasteiger partial charge on any atom is 0.147 e. The first-order valence-electron chi connectivity index (χ1n) is 12.2. The molecule has 0 unspecified atom stereocenters. The molecule has 7 aromatic rings. The van der Waals surface area contributed by atoms with Crippen molar-refractivity contribution in [3.63, 3.8) is 0 Å². The van der Waals surface area contributed by atoms with E-state index in [1.54, 1.807) is 0 Å². The second kappa shape index (κ2) is 6.13. The van der Waals surface area contributed by atoms with Crippen LogP contribution in [-0.2, 0) is 12.8 Å². The Bertz CT molecular complexity index is 2060. The van der Waals surface area contributed by atoms with Gasteiger partial charge < -0.3 is 0 Å². The van der Waals surface area contributed by atoms with Crippen LogP contribution in [0.25, 0.3) is 60.6 Å². The van der Waals surface area contributed by atoms with Crippen LogP contribution < -0.4 is 0 Å². The van der Waals surface area contributed by atoms with E-state index >= 15 is 0 Å². The minimum Gasteiger partial charge on any atom is -0.292 e. The Morgan fingerprint density at radius 1 is 0.629 bits per heavy atom. The molecule has 0 atom stereocenters. The summed E-state index contributed by atoms with van der Waals surface area (Å²) in [6.07, 6.45) is 5.93. The molecule has 0 bridgehead atoms. The SMILES string of the molecule is c1ccc2c(c1)Cc1c3c(c4c(c1-2)c1cnccc1n1c2ccccc2nc41)-c1ccccc1C3. The Kier molecular flexibility index (Phi) is 3.14. The molecule has 0 N–H and O–H groups in total. The number of imidazole rings is 1. The molecule has 0 radical (unpaired) electrons. The summed E-state index contributed by atoms with van der Waals surface area (Å²) in [7, 11) is 0. The van der Waals surface area contributed by atoms with Crippen LogP contribution in [0.15, 0.2) is 91.3 Å². The number of fused-ring (bicyclic) bond motifs is 17. The molecule has 3 heteroatoms. The molecule has 35 heavy (non-hydrogen) atoms. The summed E-state index contributed by atoms with van der Waals surface area (Å²) in [5.74, 6) is 0. The molecule has 162 valence electrons. The van der Waals surface area contributed by atoms with E-state index in [0.717, 1.165) is 35.0 Å². The third kappa shape index (κ3) is 2.08. The van der Waals surface area contributed by atoms with E-state index in [2.05, 4.69) is 94.4 Å². The first kappa shape index (κ1) is 17.9. The van der Waals surface area contributed by atoms with Crippen molar-refractivity contribution in [3.8, 4) is 22.3 Å². The zero-order chi connectivity index (χ0) is 22.7. The van der Waals surface area contributed by atoms with Crippen LogP contribution in [0.3, 0.4) is 0 Å². The Hall–Kier alpha value is -4.50. The third-order valence-electron chi connectivity index (χ3n) is 8.12. The first-order valence-corrected chi connectivity index (χ1v) is 12.2. The highest BCUT2D eigenvalue weighted by Gasteiger charge is 2.33. The van der Waals surface area contributed by atoms with Gasteiger partial charge in [-0.2, -0.15) is 0 Å². The fourth-order valence-corrected chi connectivity index (χ4v) is 6.76. The van der Waals surface area contributed by atoms with Crippen molar-refractivity contribution in [2.24, 2.45) is 0 Å². The van der Waals surface area contributed by atoms with Gasteiger partial charge in [0.05, 0.1) is 16.6 Å². The first-order chi connectivity index (χ1) is 17.4. The fraction of sp³-hybridized carbons (Fsp3) is 0.0625. The third-order valence-corrected chi connectivity index (χ3v) is 8.12. The summed E-state index contributed by atoms with van der Waals surface area (Å²) in [4.78, 5) is 9.89. The van der Waals surface area contributed by atoms with Gasteiger partial charge in [-0.3, -0.25) is 9.38 Å². The van der Waals surface area contributed by atoms with Crippen LogP contribution in [0.5, 0.6) is 0 Å². The van der Waals surface area contributed by atoms with Gasteiger partial charge in [0.2, 0.25) is 0 Å². The number of pyridine rings is 2. The highest BCUT2D eigenvalue weighted by atomic mass is 15.0. The second-order valence-corrected chi connectivity index (χ2v) is 9.78. The van der Waals surface area contributed by atoms with Crippen LogP contribution in [-0.4, -0.2) is 14.4 Å². The largest absolute Gasteiger partial charge is 0.292 e. The van der Waals surface area contributed by atoms with Gasteiger partial charge in [0.25, 0.3) is 0 Å². The van der Waals surface area contributed by atoms with Crippen molar-refractivity contribution in [1.82, 2.24) is 14.4 Å². The number of aromatic nitrogens is 3. The number of para-hydroxylation sites is 2. The molecule has 3 aromatic heterocycles. The van der Waals surface area contributed by atoms with Gasteiger partial charge in [-0.05, 0) is 75.5 Å². The van der Waals surface area contributed by atoms with Gasteiger partial charge in [0, 0.05) is 28.6 Å². The van der Waals surface area contributed by atoms with E-state index in [4.69, 9.17) is 4.98 Å². The average Bonchev–Trinajstić information content (AvgIpc) is 3.60. The maximum atomic E-state index is 5.27. The Balaban J connectivity index is 1.65. The molecule has 3 heterocycles. The summed E-state index contributed by atoms with van der Waals surface area (Å²) in [5, 5.41) is 3.75. The highest BCUT2D eigenvalue weighted by Crippen LogP contribution is 2.54. The summed E-state index contributed by atoms with van der Waals surface area (Å²) < 4.78 is 2.35. The molecule has 0 spiro atoms. The Morgan fingerprint density at radius 2 is 1.29 bits per heavy atom. The van der Waals surface area contributed by atoms with Crippen molar-refractivity contribution in [2.75, 3.05) is 0 Å². The number of benzene rings is 4. The topological polar surface area (TPSA) is 30.2 Å². The van der Waals surface area contributed by atoms with Gasteiger partial charge in [0.1, 0.15) is 5.65 Å². The molecule has 0 aliphatic heterocycles. The van der Waals surface area contributed by atoms with E-state index in [0.29, 0.717) is 0 Å². The van der Waals surface area contributed by atoms with Crippen molar-refractivity contribution >= 4 is 38.4 Å². The van der Waals surface area contributed by atoms with E-state index in [1.807, 2.05) is 6.20 Å². The molecular formula is C32H19N3. The van der Waals surface area contributed by atoms with Crippen molar-refractivity contribution in [2.45, 2.75) is 12.8 Å². The standard InChI is InChI=1S/C32H19N3/c1-3-9-20-18(7-1)15-22-23-16-19-8-2-4-10-21(19)29(23)31-30(28(20)22)24-17-33-14-13-26(24)35-27-12-6-5-11-25(27)34-32(31)35/h1-14,17H,15-16H2. The molecule has 0 saturated carbocycles. The predicted molar refractivity (Wildman–Crippen MR) is 142 cm³/mol. The zero-order valence-electron chi connectivity index (χ0n) is 18.9. The summed E-state index contributed by atoms with van der Waals surface area (Å²) in [6.45, 7) is 0. The summed E-state index contributed by atoms with van der Waals surface area (Å²) in [6, 6.07) is 28.5. The lowest BCUT2D eigenvalue weighted by Gasteiger charge is -2.18. The molecule has 3 nitrogen and oxygen atoms in total. The van der Waals surface area contributed by atoms with Crippen LogP contribution in [0, 0.1) is 0 Å². The normalized spacial score (nSPS) is 13.5. The van der Waals surface area contributed by atoms with E-state index < -0.39 is 0 Å². The molecule has 2 aliphatic rings. The van der Waals surface area contributed by atoms with E-state index in [1.165, 1.54) is 60.7 Å². The zero-order valence-corrected chi connectivity index (χ0v) is 18.9. The van der Waals surface area contributed by atoms with Crippen LogP contribution in [0.2, 0.25) is 0 Å². The average molecular weight is 446 g/mol. The van der Waals surface area contributed by atoms with Crippen LogP contribution in [0.4, 0.5) is 0 Å². The fourth-order valence-electron chi connectivity index (χ4n) is 6.76. The highest BCUT2D eigenvalue weighted by molar-refractivity contribution is 6.25. The lowest BCUT2D eigenvalue weighted by atomic mass is 9.88. The van der Waals surface area contributed by atoms with Gasteiger partial charge in [0.15, 0.2) is 0 Å². The summed E-state index contributed by atoms with van der Waals surface area (Å²) >= 11 is 0. The lowest BCUT2D eigenvalue weighted by Crippen LogP contribution is -1.99. The van der Waals surface area contributed by atoms with E-state index in [-0.39, 0.29) is 0 Å². The molecule has 0 saturated heterocycles. The monoisotopic (exact) mass is 445 g/mol. The maximum absolute atomic E-state index is 5.27. The molecule has 0 fully saturated rings. The van der Waals surface area contributed by atoms with Crippen molar-refractivity contribution in [1.29, 1.82) is 0 Å². The van der Waals surface area contributed by atoms with Gasteiger partial charge >= 0.3 is 0 Å². The van der Waals surface area contributed by atoms with Crippen LogP contribution >= 0.6 is 0 Å². The molecular weight excluding hydrogens is 426 g/mol. The van der Waals surface area contributed by atoms with Gasteiger partial charge in [-0.25, -0.2) is 4.98 Å². The van der Waals surface area contributed by atoms with E-state index in [9.17, 15) is 0 Å². The molecule has 4 aromatic carbocycles. The number of rotatable bonds is 0. The molecule has 2 aliphatic carbocycles. The van der Waals surface area contributed by atoms with Gasteiger partial charge in [-0.1, -0.05) is 60.7 Å². The smallest absolute Gasteiger partial charge is 0.147 e.